The van der Waals surface area contributed by atoms with Gasteiger partial charge in [-0.1, -0.05) is 28.1 Å². The molecule has 0 aromatic heterocycles. The first-order chi connectivity index (χ1) is 8.99. The normalized spacial score (nSPS) is 10.3. The van der Waals surface area contributed by atoms with Crippen LogP contribution in [0.2, 0.25) is 0 Å². The van der Waals surface area contributed by atoms with E-state index in [-0.39, 0.29) is 11.7 Å². The van der Waals surface area contributed by atoms with Gasteiger partial charge in [-0.15, -0.1) is 0 Å². The van der Waals surface area contributed by atoms with Crippen LogP contribution in [0, 0.1) is 12.7 Å². The second-order valence-corrected chi connectivity index (χ2v) is 5.16. The summed E-state index contributed by atoms with van der Waals surface area (Å²) in [7, 11) is 1.63. The van der Waals surface area contributed by atoms with E-state index in [4.69, 9.17) is 0 Å². The maximum Gasteiger partial charge on any atom is 0.258 e. The van der Waals surface area contributed by atoms with E-state index in [9.17, 15) is 9.18 Å². The number of carbonyl (C=O) groups is 1. The fourth-order valence-electron chi connectivity index (χ4n) is 1.72. The van der Waals surface area contributed by atoms with Crippen molar-refractivity contribution in [3.63, 3.8) is 0 Å². The molecule has 0 radical (unpaired) electrons. The highest BCUT2D eigenvalue weighted by Gasteiger charge is 2.14. The van der Waals surface area contributed by atoms with E-state index >= 15 is 0 Å². The Kier molecular flexibility index (Phi) is 4.00. The van der Waals surface area contributed by atoms with Gasteiger partial charge in [0.2, 0.25) is 0 Å². The highest BCUT2D eigenvalue weighted by Crippen LogP contribution is 2.21. The van der Waals surface area contributed by atoms with Crippen molar-refractivity contribution in [3.8, 4) is 0 Å². The molecule has 0 N–H and O–H groups in total. The highest BCUT2D eigenvalue weighted by atomic mass is 79.9. The van der Waals surface area contributed by atoms with Gasteiger partial charge in [-0.2, -0.15) is 0 Å². The van der Waals surface area contributed by atoms with E-state index in [2.05, 4.69) is 15.9 Å². The van der Waals surface area contributed by atoms with Gasteiger partial charge in [-0.05, 0) is 42.8 Å². The molecule has 1 amide bonds. The number of anilines is 1. The molecule has 0 spiro atoms. The van der Waals surface area contributed by atoms with Gasteiger partial charge in [0, 0.05) is 22.8 Å². The number of hydrogen-bond acceptors (Lipinski definition) is 1. The summed E-state index contributed by atoms with van der Waals surface area (Å²) in [5.74, 6) is -0.534. The van der Waals surface area contributed by atoms with E-state index in [0.717, 1.165) is 10.0 Å². The Morgan fingerprint density at radius 2 is 1.95 bits per heavy atom. The summed E-state index contributed by atoms with van der Waals surface area (Å²) >= 11 is 3.40. The average molecular weight is 322 g/mol. The highest BCUT2D eigenvalue weighted by molar-refractivity contribution is 9.10. The SMILES string of the molecule is Cc1ccc(C(=O)N(C)c2cccc(F)c2)cc1Br. The Morgan fingerprint density at radius 3 is 2.58 bits per heavy atom. The molecule has 0 bridgehead atoms. The van der Waals surface area contributed by atoms with Crippen molar-refractivity contribution in [2.45, 2.75) is 6.92 Å². The molecule has 2 nitrogen and oxygen atoms in total. The predicted molar refractivity (Wildman–Crippen MR) is 78.0 cm³/mol. The molecular weight excluding hydrogens is 309 g/mol. The molecule has 0 fully saturated rings. The Labute approximate surface area is 120 Å². The van der Waals surface area contributed by atoms with E-state index in [1.165, 1.54) is 17.0 Å². The summed E-state index contributed by atoms with van der Waals surface area (Å²) < 4.78 is 14.0. The Hall–Kier alpha value is -1.68. The Morgan fingerprint density at radius 1 is 1.21 bits per heavy atom. The summed E-state index contributed by atoms with van der Waals surface area (Å²) in [6, 6.07) is 11.4. The molecule has 0 aliphatic rings. The van der Waals surface area contributed by atoms with Gasteiger partial charge in [0.1, 0.15) is 5.82 Å². The van der Waals surface area contributed by atoms with Gasteiger partial charge < -0.3 is 4.90 Å². The van der Waals surface area contributed by atoms with Crippen LogP contribution in [-0.4, -0.2) is 13.0 Å². The number of nitrogens with zero attached hydrogens (tertiary/aromatic N) is 1. The van der Waals surface area contributed by atoms with Crippen LogP contribution in [0.3, 0.4) is 0 Å². The summed E-state index contributed by atoms with van der Waals surface area (Å²) in [5, 5.41) is 0. The summed E-state index contributed by atoms with van der Waals surface area (Å²) in [5.41, 5.74) is 2.15. The van der Waals surface area contributed by atoms with Gasteiger partial charge in [0.15, 0.2) is 0 Å². The number of halogens is 2. The monoisotopic (exact) mass is 321 g/mol. The van der Waals surface area contributed by atoms with Gasteiger partial charge in [-0.25, -0.2) is 4.39 Å². The second-order valence-electron chi connectivity index (χ2n) is 4.31. The fraction of sp³-hybridized carbons (Fsp3) is 0.133. The maximum atomic E-state index is 13.2. The fourth-order valence-corrected chi connectivity index (χ4v) is 2.10. The molecule has 2 aromatic rings. The van der Waals surface area contributed by atoms with Crippen molar-refractivity contribution in [1.82, 2.24) is 0 Å². The van der Waals surface area contributed by atoms with Crippen LogP contribution in [0.15, 0.2) is 46.9 Å². The molecule has 0 saturated heterocycles. The van der Waals surface area contributed by atoms with Crippen LogP contribution in [0.25, 0.3) is 0 Å². The van der Waals surface area contributed by atoms with Crippen LogP contribution in [0.5, 0.6) is 0 Å². The molecule has 0 atom stereocenters. The van der Waals surface area contributed by atoms with E-state index in [1.807, 2.05) is 13.0 Å². The molecular formula is C15H13BrFNO. The van der Waals surface area contributed by atoms with Crippen molar-refractivity contribution >= 4 is 27.5 Å². The van der Waals surface area contributed by atoms with Crippen molar-refractivity contribution in [1.29, 1.82) is 0 Å². The first kappa shape index (κ1) is 13.7. The van der Waals surface area contributed by atoms with Crippen LogP contribution in [0.1, 0.15) is 15.9 Å². The van der Waals surface area contributed by atoms with E-state index in [0.29, 0.717) is 11.3 Å². The predicted octanol–water partition coefficient (Wildman–Crippen LogP) is 4.17. The lowest BCUT2D eigenvalue weighted by molar-refractivity contribution is 0.0993. The lowest BCUT2D eigenvalue weighted by Gasteiger charge is -2.17. The molecule has 0 saturated carbocycles. The number of amides is 1. The van der Waals surface area contributed by atoms with Gasteiger partial charge >= 0.3 is 0 Å². The smallest absolute Gasteiger partial charge is 0.258 e. The maximum absolute atomic E-state index is 13.2. The standard InChI is InChI=1S/C15H13BrFNO/c1-10-6-7-11(8-14(10)16)15(19)18(2)13-5-3-4-12(17)9-13/h3-9H,1-2H3. The largest absolute Gasteiger partial charge is 0.311 e. The number of rotatable bonds is 2. The minimum absolute atomic E-state index is 0.175. The zero-order chi connectivity index (χ0) is 14.0. The number of benzene rings is 2. The van der Waals surface area contributed by atoms with Crippen LogP contribution >= 0.6 is 15.9 Å². The third-order valence-electron chi connectivity index (χ3n) is 2.92. The molecule has 2 aromatic carbocycles. The van der Waals surface area contributed by atoms with Crippen molar-refractivity contribution < 1.29 is 9.18 Å². The zero-order valence-corrected chi connectivity index (χ0v) is 12.2. The molecule has 0 unspecified atom stereocenters. The van der Waals surface area contributed by atoms with Crippen LogP contribution in [-0.2, 0) is 0 Å². The third-order valence-corrected chi connectivity index (χ3v) is 3.77. The van der Waals surface area contributed by atoms with Gasteiger partial charge in [0.25, 0.3) is 5.91 Å². The number of carbonyl (C=O) groups excluding carboxylic acids is 1. The Balaban J connectivity index is 2.30. The quantitative estimate of drug-likeness (QED) is 0.812. The topological polar surface area (TPSA) is 20.3 Å². The first-order valence-corrected chi connectivity index (χ1v) is 6.58. The first-order valence-electron chi connectivity index (χ1n) is 5.79. The molecule has 0 heterocycles. The molecule has 0 aliphatic carbocycles. The lowest BCUT2D eigenvalue weighted by atomic mass is 10.1. The summed E-state index contributed by atoms with van der Waals surface area (Å²) in [6.07, 6.45) is 0. The molecule has 4 heteroatoms. The average Bonchev–Trinajstić information content (AvgIpc) is 2.40. The number of hydrogen-bond donors (Lipinski definition) is 0. The minimum atomic E-state index is -0.359. The van der Waals surface area contributed by atoms with Gasteiger partial charge in [0.05, 0.1) is 0 Å². The summed E-state index contributed by atoms with van der Waals surface area (Å²) in [4.78, 5) is 13.7. The molecule has 98 valence electrons. The van der Waals surface area contributed by atoms with Gasteiger partial charge in [-0.3, -0.25) is 4.79 Å². The number of aryl methyl sites for hydroxylation is 1. The van der Waals surface area contributed by atoms with Crippen molar-refractivity contribution in [2.75, 3.05) is 11.9 Å². The zero-order valence-electron chi connectivity index (χ0n) is 10.7. The van der Waals surface area contributed by atoms with Crippen molar-refractivity contribution in [3.05, 3.63) is 63.9 Å². The van der Waals surface area contributed by atoms with Crippen molar-refractivity contribution in [2.24, 2.45) is 0 Å². The molecule has 2 rings (SSSR count). The molecule has 0 aliphatic heterocycles. The minimum Gasteiger partial charge on any atom is -0.311 e. The third kappa shape index (κ3) is 3.01. The van der Waals surface area contributed by atoms with Crippen LogP contribution in [0.4, 0.5) is 10.1 Å². The van der Waals surface area contributed by atoms with E-state index in [1.54, 1.807) is 31.3 Å². The Bertz CT molecular complexity index is 627. The second kappa shape index (κ2) is 5.53. The van der Waals surface area contributed by atoms with Crippen LogP contribution < -0.4 is 4.90 Å². The van der Waals surface area contributed by atoms with E-state index < -0.39 is 0 Å². The lowest BCUT2D eigenvalue weighted by Crippen LogP contribution is -2.26. The molecule has 19 heavy (non-hydrogen) atoms. The summed E-state index contributed by atoms with van der Waals surface area (Å²) in [6.45, 7) is 1.95.